The normalized spacial score (nSPS) is 9.52. The summed E-state index contributed by atoms with van der Waals surface area (Å²) in [6, 6.07) is 10.8. The predicted molar refractivity (Wildman–Crippen MR) is 85.2 cm³/mol. The molecule has 0 unspecified atom stereocenters. The fourth-order valence-electron chi connectivity index (χ4n) is 1.84. The van der Waals surface area contributed by atoms with E-state index in [2.05, 4.69) is 17.2 Å². The van der Waals surface area contributed by atoms with E-state index in [-0.39, 0.29) is 18.3 Å². The third kappa shape index (κ3) is 4.75. The van der Waals surface area contributed by atoms with Crippen molar-refractivity contribution in [3.63, 3.8) is 0 Å². The van der Waals surface area contributed by atoms with Gasteiger partial charge in [-0.15, -0.1) is 0 Å². The molecule has 1 amide bonds. The van der Waals surface area contributed by atoms with Gasteiger partial charge >= 0.3 is 0 Å². The molecule has 2 aromatic rings. The van der Waals surface area contributed by atoms with Crippen LogP contribution in [-0.4, -0.2) is 26.7 Å². The third-order valence-corrected chi connectivity index (χ3v) is 3.03. The van der Waals surface area contributed by atoms with Crippen molar-refractivity contribution in [3.05, 3.63) is 59.4 Å². The minimum atomic E-state index is -0.309. The summed E-state index contributed by atoms with van der Waals surface area (Å²) in [5.41, 5.74) is 1.11. The molecule has 118 valence electrons. The van der Waals surface area contributed by atoms with Gasteiger partial charge in [-0.2, -0.15) is 0 Å². The molecule has 2 aromatic carbocycles. The van der Waals surface area contributed by atoms with E-state index in [0.717, 1.165) is 0 Å². The summed E-state index contributed by atoms with van der Waals surface area (Å²) in [5, 5.41) is 2.69. The molecule has 0 heterocycles. The lowest BCUT2D eigenvalue weighted by molar-refractivity contribution is 0.0958. The topological polar surface area (TPSA) is 47.6 Å². The second-order valence-corrected chi connectivity index (χ2v) is 4.59. The fraction of sp³-hybridized carbons (Fsp3) is 0.167. The summed E-state index contributed by atoms with van der Waals surface area (Å²) in [6.07, 6.45) is 0. The standard InChI is InChI=1S/C18H16FNO3/c1-22-16-10-14(11-17(12-16)23-2)18(21)20-9-3-4-13-5-7-15(19)8-6-13/h5-8,10-12H,9H2,1-2H3,(H,20,21). The number of benzene rings is 2. The average Bonchev–Trinajstić information content (AvgIpc) is 2.59. The highest BCUT2D eigenvalue weighted by atomic mass is 19.1. The van der Waals surface area contributed by atoms with Crippen molar-refractivity contribution >= 4 is 5.91 Å². The van der Waals surface area contributed by atoms with E-state index in [1.165, 1.54) is 26.4 Å². The van der Waals surface area contributed by atoms with Gasteiger partial charge in [-0.1, -0.05) is 11.8 Å². The number of nitrogens with one attached hydrogen (secondary N) is 1. The van der Waals surface area contributed by atoms with Gasteiger partial charge in [0.25, 0.3) is 5.91 Å². The predicted octanol–water partition coefficient (Wildman–Crippen LogP) is 2.62. The van der Waals surface area contributed by atoms with E-state index in [0.29, 0.717) is 22.6 Å². The first-order valence-electron chi connectivity index (χ1n) is 6.88. The van der Waals surface area contributed by atoms with Crippen molar-refractivity contribution in [1.82, 2.24) is 5.32 Å². The first-order chi connectivity index (χ1) is 11.1. The Bertz CT molecular complexity index is 723. The lowest BCUT2D eigenvalue weighted by Crippen LogP contribution is -2.23. The Morgan fingerprint density at radius 2 is 1.70 bits per heavy atom. The van der Waals surface area contributed by atoms with Crippen LogP contribution in [0, 0.1) is 17.7 Å². The largest absolute Gasteiger partial charge is 0.497 e. The Hall–Kier alpha value is -3.00. The zero-order chi connectivity index (χ0) is 16.7. The summed E-state index contributed by atoms with van der Waals surface area (Å²) in [4.78, 5) is 12.1. The molecule has 0 atom stereocenters. The van der Waals surface area contributed by atoms with Crippen molar-refractivity contribution in [1.29, 1.82) is 0 Å². The van der Waals surface area contributed by atoms with E-state index in [4.69, 9.17) is 9.47 Å². The zero-order valence-corrected chi connectivity index (χ0v) is 12.9. The molecule has 0 bridgehead atoms. The second-order valence-electron chi connectivity index (χ2n) is 4.59. The number of rotatable bonds is 4. The van der Waals surface area contributed by atoms with Crippen LogP contribution in [0.3, 0.4) is 0 Å². The number of amides is 1. The van der Waals surface area contributed by atoms with E-state index in [1.54, 1.807) is 30.3 Å². The van der Waals surface area contributed by atoms with Gasteiger partial charge in [0, 0.05) is 17.2 Å². The average molecular weight is 313 g/mol. The molecule has 0 saturated carbocycles. The summed E-state index contributed by atoms with van der Waals surface area (Å²) < 4.78 is 23.0. The van der Waals surface area contributed by atoms with Crippen molar-refractivity contribution in [2.75, 3.05) is 20.8 Å². The Balaban J connectivity index is 1.99. The molecule has 1 N–H and O–H groups in total. The lowest BCUT2D eigenvalue weighted by Gasteiger charge is -2.07. The van der Waals surface area contributed by atoms with Gasteiger partial charge in [0.05, 0.1) is 20.8 Å². The van der Waals surface area contributed by atoms with Gasteiger partial charge in [-0.3, -0.25) is 4.79 Å². The van der Waals surface area contributed by atoms with Crippen LogP contribution >= 0.6 is 0 Å². The van der Waals surface area contributed by atoms with Crippen molar-refractivity contribution in [2.45, 2.75) is 0 Å². The number of ether oxygens (including phenoxy) is 2. The summed E-state index contributed by atoms with van der Waals surface area (Å²) in [5.74, 6) is 6.13. The van der Waals surface area contributed by atoms with Crippen LogP contribution < -0.4 is 14.8 Å². The van der Waals surface area contributed by atoms with Crippen molar-refractivity contribution in [3.8, 4) is 23.3 Å². The van der Waals surface area contributed by atoms with E-state index in [1.807, 2.05) is 0 Å². The van der Waals surface area contributed by atoms with Crippen molar-refractivity contribution < 1.29 is 18.7 Å². The first kappa shape index (κ1) is 16.4. The number of carbonyl (C=O) groups is 1. The number of carbonyl (C=O) groups excluding carboxylic acids is 1. The molecular formula is C18H16FNO3. The molecule has 0 radical (unpaired) electrons. The van der Waals surface area contributed by atoms with Gasteiger partial charge in [-0.05, 0) is 36.4 Å². The minimum Gasteiger partial charge on any atom is -0.497 e. The quantitative estimate of drug-likeness (QED) is 0.883. The Morgan fingerprint density at radius 1 is 1.09 bits per heavy atom. The maximum atomic E-state index is 12.8. The Morgan fingerprint density at radius 3 is 2.26 bits per heavy atom. The highest BCUT2D eigenvalue weighted by Gasteiger charge is 2.08. The summed E-state index contributed by atoms with van der Waals surface area (Å²) >= 11 is 0. The van der Waals surface area contributed by atoms with Crippen LogP contribution in [-0.2, 0) is 0 Å². The maximum Gasteiger partial charge on any atom is 0.252 e. The second kappa shape index (κ2) is 7.85. The monoisotopic (exact) mass is 313 g/mol. The summed E-state index contributed by atoms with van der Waals surface area (Å²) in [7, 11) is 3.04. The van der Waals surface area contributed by atoms with Crippen LogP contribution in [0.1, 0.15) is 15.9 Å². The SMILES string of the molecule is COc1cc(OC)cc(C(=O)NCC#Cc2ccc(F)cc2)c1. The van der Waals surface area contributed by atoms with E-state index >= 15 is 0 Å². The third-order valence-electron chi connectivity index (χ3n) is 3.03. The number of halogens is 1. The number of methoxy groups -OCH3 is 2. The summed E-state index contributed by atoms with van der Waals surface area (Å²) in [6.45, 7) is 0.176. The number of hydrogen-bond acceptors (Lipinski definition) is 3. The minimum absolute atomic E-state index is 0.176. The van der Waals surface area contributed by atoms with Gasteiger partial charge in [-0.25, -0.2) is 4.39 Å². The number of hydrogen-bond donors (Lipinski definition) is 1. The van der Waals surface area contributed by atoms with Crippen LogP contribution in [0.4, 0.5) is 4.39 Å². The van der Waals surface area contributed by atoms with Gasteiger partial charge in [0.15, 0.2) is 0 Å². The highest BCUT2D eigenvalue weighted by molar-refractivity contribution is 5.95. The van der Waals surface area contributed by atoms with Gasteiger partial charge < -0.3 is 14.8 Å². The fourth-order valence-corrected chi connectivity index (χ4v) is 1.84. The Kier molecular flexibility index (Phi) is 5.59. The molecule has 0 aliphatic rings. The maximum absolute atomic E-state index is 12.8. The highest BCUT2D eigenvalue weighted by Crippen LogP contribution is 2.22. The van der Waals surface area contributed by atoms with Crippen LogP contribution in [0.25, 0.3) is 0 Å². The Labute approximate surface area is 134 Å². The van der Waals surface area contributed by atoms with Crippen LogP contribution in [0.15, 0.2) is 42.5 Å². The van der Waals surface area contributed by atoms with E-state index in [9.17, 15) is 9.18 Å². The van der Waals surface area contributed by atoms with Crippen molar-refractivity contribution in [2.24, 2.45) is 0 Å². The molecule has 0 spiro atoms. The van der Waals surface area contributed by atoms with E-state index < -0.39 is 0 Å². The molecule has 0 saturated heterocycles. The molecule has 5 heteroatoms. The lowest BCUT2D eigenvalue weighted by atomic mass is 10.2. The molecule has 23 heavy (non-hydrogen) atoms. The molecule has 0 aliphatic carbocycles. The molecule has 4 nitrogen and oxygen atoms in total. The van der Waals surface area contributed by atoms with Crippen LogP contribution in [0.5, 0.6) is 11.5 Å². The van der Waals surface area contributed by atoms with Gasteiger partial charge in [0.1, 0.15) is 17.3 Å². The first-order valence-corrected chi connectivity index (χ1v) is 6.88. The zero-order valence-electron chi connectivity index (χ0n) is 12.9. The molecular weight excluding hydrogens is 297 g/mol. The molecule has 0 aromatic heterocycles. The molecule has 0 fully saturated rings. The van der Waals surface area contributed by atoms with Crippen LogP contribution in [0.2, 0.25) is 0 Å². The smallest absolute Gasteiger partial charge is 0.252 e. The van der Waals surface area contributed by atoms with Gasteiger partial charge in [0.2, 0.25) is 0 Å². The molecule has 2 rings (SSSR count). The molecule has 0 aliphatic heterocycles.